The fourth-order valence-corrected chi connectivity index (χ4v) is 5.75. The van der Waals surface area contributed by atoms with E-state index >= 15 is 8.78 Å². The lowest BCUT2D eigenvalue weighted by molar-refractivity contribution is 0.444. The average molecular weight is 595 g/mol. The van der Waals surface area contributed by atoms with Crippen molar-refractivity contribution in [2.24, 2.45) is 0 Å². The molecule has 0 amide bonds. The number of hydrogen-bond acceptors (Lipinski definition) is 7. The van der Waals surface area contributed by atoms with Gasteiger partial charge in [-0.25, -0.2) is 14.1 Å². The number of nitrogen functional groups attached to an aromatic ring is 1. The van der Waals surface area contributed by atoms with E-state index in [9.17, 15) is 4.79 Å². The molecule has 14 heteroatoms. The van der Waals surface area contributed by atoms with Crippen LogP contribution in [0.25, 0.3) is 39.0 Å². The molecule has 0 fully saturated rings. The predicted octanol–water partition coefficient (Wildman–Crippen LogP) is 5.89. The van der Waals surface area contributed by atoms with Gasteiger partial charge in [-0.1, -0.05) is 40.5 Å². The summed E-state index contributed by atoms with van der Waals surface area (Å²) in [4.78, 5) is 20.5. The van der Waals surface area contributed by atoms with Gasteiger partial charge in [0.1, 0.15) is 11.5 Å². The molecule has 2 aromatic carbocycles. The zero-order valence-corrected chi connectivity index (χ0v) is 22.6. The van der Waals surface area contributed by atoms with E-state index < -0.39 is 17.8 Å². The second-order valence-corrected chi connectivity index (χ2v) is 10.7. The van der Waals surface area contributed by atoms with Crippen LogP contribution in [0.3, 0.4) is 0 Å². The van der Waals surface area contributed by atoms with Gasteiger partial charge in [-0.2, -0.15) is 4.39 Å². The molecule has 0 radical (unpaired) electrons. The molecule has 206 valence electrons. The minimum absolute atomic E-state index is 0.0292. The molecule has 1 aliphatic rings. The number of halogens is 4. The summed E-state index contributed by atoms with van der Waals surface area (Å²) in [6, 6.07) is 10.8. The van der Waals surface area contributed by atoms with Crippen molar-refractivity contribution in [1.29, 1.82) is 0 Å². The van der Waals surface area contributed by atoms with Crippen LogP contribution in [0.1, 0.15) is 36.8 Å². The van der Waals surface area contributed by atoms with Crippen molar-refractivity contribution in [3.05, 3.63) is 92.5 Å². The Morgan fingerprint density at radius 3 is 2.73 bits per heavy atom. The van der Waals surface area contributed by atoms with Gasteiger partial charge < -0.3 is 19.8 Å². The first-order chi connectivity index (χ1) is 19.7. The van der Waals surface area contributed by atoms with Crippen LogP contribution in [-0.4, -0.2) is 34.7 Å². The van der Waals surface area contributed by atoms with Crippen LogP contribution in [-0.2, 0) is 0 Å². The molecule has 2 atom stereocenters. The summed E-state index contributed by atoms with van der Waals surface area (Å²) in [5, 5.41) is 12.4. The maximum atomic E-state index is 15.2. The number of aromatic nitrogens is 7. The van der Waals surface area contributed by atoms with E-state index in [1.165, 1.54) is 22.9 Å². The molecule has 0 spiro atoms. The Labute approximate surface area is 239 Å². The number of hydrogen-bond donors (Lipinski definition) is 2. The number of benzene rings is 2. The molecule has 0 aliphatic carbocycles. The maximum Gasteiger partial charge on any atom is 0.252 e. The summed E-state index contributed by atoms with van der Waals surface area (Å²) >= 11 is 12.3. The molecule has 0 bridgehead atoms. The molecule has 3 N–H and O–H groups in total. The lowest BCUT2D eigenvalue weighted by Crippen LogP contribution is -2.24. The Kier molecular flexibility index (Phi) is 5.73. The molecule has 4 aromatic heterocycles. The van der Waals surface area contributed by atoms with E-state index in [1.807, 2.05) is 13.0 Å². The van der Waals surface area contributed by atoms with Crippen molar-refractivity contribution in [2.45, 2.75) is 25.3 Å². The SMILES string of the molecule is C[C@@H]1C[C@@H](c2nc(F)c(-c3ccc4c(N)noc4c3F)[nH]2)n2c1cc(-c1cc(Cl)ccc1-n1cc(Cl)nn1)cc2=O. The zero-order chi connectivity index (χ0) is 28.6. The van der Waals surface area contributed by atoms with Gasteiger partial charge in [-0.05, 0) is 54.3 Å². The molecule has 1 aliphatic heterocycles. The number of nitrogens with one attached hydrogen (secondary N) is 1. The number of nitrogens with two attached hydrogens (primary N) is 1. The number of rotatable bonds is 4. The van der Waals surface area contributed by atoms with Gasteiger partial charge in [0.05, 0.1) is 23.3 Å². The summed E-state index contributed by atoms with van der Waals surface area (Å²) in [6.07, 6.45) is 2.01. The van der Waals surface area contributed by atoms with Crippen LogP contribution in [0.4, 0.5) is 14.6 Å². The highest BCUT2D eigenvalue weighted by Crippen LogP contribution is 2.41. The van der Waals surface area contributed by atoms with Crippen molar-refractivity contribution in [1.82, 2.24) is 34.7 Å². The van der Waals surface area contributed by atoms with Crippen molar-refractivity contribution < 1.29 is 13.3 Å². The second-order valence-electron chi connectivity index (χ2n) is 9.84. The van der Waals surface area contributed by atoms with Gasteiger partial charge >= 0.3 is 0 Å². The summed E-state index contributed by atoms with van der Waals surface area (Å²) in [5.41, 5.74) is 7.55. The number of H-pyrrole nitrogens is 1. The minimum Gasteiger partial charge on any atom is -0.380 e. The van der Waals surface area contributed by atoms with Crippen LogP contribution in [0.15, 0.2) is 58.0 Å². The zero-order valence-electron chi connectivity index (χ0n) is 21.1. The molecule has 6 aromatic rings. The van der Waals surface area contributed by atoms with E-state index in [0.717, 1.165) is 5.69 Å². The highest BCUT2D eigenvalue weighted by molar-refractivity contribution is 6.31. The third kappa shape index (κ3) is 4.01. The monoisotopic (exact) mass is 594 g/mol. The average Bonchev–Trinajstić information content (AvgIpc) is 3.71. The number of fused-ring (bicyclic) bond motifs is 2. The summed E-state index contributed by atoms with van der Waals surface area (Å²) in [5.74, 6) is -1.60. The first-order valence-electron chi connectivity index (χ1n) is 12.4. The van der Waals surface area contributed by atoms with Crippen LogP contribution in [0, 0.1) is 11.8 Å². The van der Waals surface area contributed by atoms with Crippen LogP contribution in [0.2, 0.25) is 10.2 Å². The van der Waals surface area contributed by atoms with Crippen LogP contribution >= 0.6 is 23.2 Å². The van der Waals surface area contributed by atoms with Gasteiger partial charge in [-0.3, -0.25) is 4.79 Å². The number of aromatic amines is 1. The third-order valence-electron chi connectivity index (χ3n) is 7.34. The normalized spacial score (nSPS) is 16.5. The van der Waals surface area contributed by atoms with E-state index in [0.29, 0.717) is 28.3 Å². The number of nitrogens with zero attached hydrogens (tertiary/aromatic N) is 6. The van der Waals surface area contributed by atoms with Gasteiger partial charge in [0.25, 0.3) is 5.56 Å². The van der Waals surface area contributed by atoms with Crippen LogP contribution in [0.5, 0.6) is 0 Å². The Hall–Kier alpha value is -4.55. The lowest BCUT2D eigenvalue weighted by Gasteiger charge is -2.15. The van der Waals surface area contributed by atoms with Crippen molar-refractivity contribution >= 4 is 40.0 Å². The highest BCUT2D eigenvalue weighted by Gasteiger charge is 2.34. The quantitative estimate of drug-likeness (QED) is 0.260. The fraction of sp³-hybridized carbons (Fsp3) is 0.148. The van der Waals surface area contributed by atoms with Crippen molar-refractivity contribution in [3.63, 3.8) is 0 Å². The summed E-state index contributed by atoms with van der Waals surface area (Å²) in [7, 11) is 0. The second kappa shape index (κ2) is 9.25. The minimum atomic E-state index is -0.911. The largest absolute Gasteiger partial charge is 0.380 e. The molecule has 7 rings (SSSR count). The van der Waals surface area contributed by atoms with Gasteiger partial charge in [0, 0.05) is 27.9 Å². The molecule has 5 heterocycles. The molecular formula is C27H18Cl2F2N8O2. The van der Waals surface area contributed by atoms with Crippen molar-refractivity contribution in [2.75, 3.05) is 5.73 Å². The van der Waals surface area contributed by atoms with Crippen molar-refractivity contribution in [3.8, 4) is 28.1 Å². The molecule has 0 saturated carbocycles. The summed E-state index contributed by atoms with van der Waals surface area (Å²) in [6.45, 7) is 1.97. The van der Waals surface area contributed by atoms with E-state index in [-0.39, 0.29) is 50.5 Å². The van der Waals surface area contributed by atoms with Gasteiger partial charge in [0.15, 0.2) is 16.8 Å². The van der Waals surface area contributed by atoms with E-state index in [4.69, 9.17) is 33.5 Å². The first kappa shape index (κ1) is 25.4. The number of pyridine rings is 1. The Morgan fingerprint density at radius 2 is 1.95 bits per heavy atom. The molecule has 41 heavy (non-hydrogen) atoms. The summed E-state index contributed by atoms with van der Waals surface area (Å²) < 4.78 is 38.4. The van der Waals surface area contributed by atoms with E-state index in [1.54, 1.807) is 29.0 Å². The molecule has 10 nitrogen and oxygen atoms in total. The number of imidazole rings is 1. The maximum absolute atomic E-state index is 15.2. The van der Waals surface area contributed by atoms with Gasteiger partial charge in [0.2, 0.25) is 11.5 Å². The Bertz CT molecular complexity index is 2060. The van der Waals surface area contributed by atoms with E-state index in [2.05, 4.69) is 25.4 Å². The topological polar surface area (TPSA) is 133 Å². The lowest BCUT2D eigenvalue weighted by atomic mass is 9.99. The van der Waals surface area contributed by atoms with Crippen LogP contribution < -0.4 is 11.3 Å². The predicted molar refractivity (Wildman–Crippen MR) is 148 cm³/mol. The Balaban J connectivity index is 1.31. The smallest absolute Gasteiger partial charge is 0.252 e. The molecule has 0 unspecified atom stereocenters. The molecule has 0 saturated heterocycles. The standard InChI is InChI=1S/C27H18Cl2F2N8O2/c1-11-6-19(27-33-23(25(31)34-27)14-3-4-15-24(22(14)30)41-36-26(15)32)39-18(11)7-12(8-21(39)40)16-9-13(28)2-5-17(16)38-10-20(29)35-37-38/h2-5,7-11,19H,6H2,1H3,(H2,32,36)(H,33,34)/t11-,19+/m1/s1. The highest BCUT2D eigenvalue weighted by atomic mass is 35.5. The first-order valence-corrected chi connectivity index (χ1v) is 13.2. The Morgan fingerprint density at radius 1 is 1.12 bits per heavy atom. The fourth-order valence-electron chi connectivity index (χ4n) is 5.45. The van der Waals surface area contributed by atoms with Gasteiger partial charge in [-0.15, -0.1) is 5.10 Å². The molecular weight excluding hydrogens is 577 g/mol. The number of anilines is 1. The third-order valence-corrected chi connectivity index (χ3v) is 7.75.